The molecule has 0 aromatic heterocycles. The van der Waals surface area contributed by atoms with Gasteiger partial charge in [-0.15, -0.1) is 0 Å². The van der Waals surface area contributed by atoms with Crippen LogP contribution in [0.3, 0.4) is 0 Å². The molecule has 1 unspecified atom stereocenters. The number of hydrogen-bond acceptors (Lipinski definition) is 1. The monoisotopic (exact) mass is 233 g/mol. The number of fused-ring (bicyclic) bond motifs is 2. The second-order valence-electron chi connectivity index (χ2n) is 4.34. The molecule has 1 aromatic carbocycles. The molecule has 2 aliphatic rings. The Bertz CT molecular complexity index is 769. The van der Waals surface area contributed by atoms with Crippen molar-refractivity contribution in [3.8, 4) is 0 Å². The lowest BCUT2D eigenvalue weighted by Crippen LogP contribution is -2.27. The lowest BCUT2D eigenvalue weighted by atomic mass is 9.82. The number of carbonyl (C=O) groups excluding carboxylic acids is 1. The van der Waals surface area contributed by atoms with Gasteiger partial charge in [-0.3, -0.25) is 4.79 Å². The van der Waals surface area contributed by atoms with Gasteiger partial charge in [0.1, 0.15) is 0 Å². The lowest BCUT2D eigenvalue weighted by Gasteiger charge is -2.22. The molecule has 0 saturated heterocycles. The Hall–Kier alpha value is -1.57. The highest BCUT2D eigenvalue weighted by molar-refractivity contribution is 5.87. The van der Waals surface area contributed by atoms with Crippen molar-refractivity contribution >= 4 is 11.5 Å². The van der Waals surface area contributed by atoms with Crippen molar-refractivity contribution in [1.82, 2.24) is 0 Å². The third-order valence-electron chi connectivity index (χ3n) is 3.18. The van der Waals surface area contributed by atoms with Crippen LogP contribution in [0.2, 0.25) is 0 Å². The molecule has 3 rings (SSSR count). The van der Waals surface area contributed by atoms with E-state index in [0.717, 1.165) is 0 Å². The first-order valence-electron chi connectivity index (χ1n) is 8.57. The third kappa shape index (κ3) is 1.59. The zero-order chi connectivity index (χ0) is 17.4. The van der Waals surface area contributed by atoms with Crippen LogP contribution in [0.1, 0.15) is 44.1 Å². The highest BCUT2D eigenvalue weighted by Crippen LogP contribution is 2.44. The maximum absolute atomic E-state index is 11.9. The molecular weight excluding hydrogens is 210 g/mol. The molecule has 0 heterocycles. The summed E-state index contributed by atoms with van der Waals surface area (Å²) in [6, 6.07) is 3.64. The average molecular weight is 233 g/mol. The minimum atomic E-state index is -2.42. The molecule has 0 saturated carbocycles. The molecule has 17 heavy (non-hydrogen) atoms. The van der Waals surface area contributed by atoms with Gasteiger partial charge in [0.15, 0.2) is 0 Å². The number of carbonyl (C=O) groups is 1. The van der Waals surface area contributed by atoms with Crippen LogP contribution in [0, 0.1) is 12.8 Å². The lowest BCUT2D eigenvalue weighted by molar-refractivity contribution is -0.121. The third-order valence-corrected chi connectivity index (χ3v) is 3.18. The highest BCUT2D eigenvalue weighted by atomic mass is 16.1. The van der Waals surface area contributed by atoms with Crippen molar-refractivity contribution < 1.29 is 13.0 Å². The van der Waals surface area contributed by atoms with Gasteiger partial charge in [-0.25, -0.2) is 0 Å². The summed E-state index contributed by atoms with van der Waals surface area (Å²) in [4.78, 5) is 11.9. The molecule has 1 amide bonds. The van der Waals surface area contributed by atoms with Crippen molar-refractivity contribution in [3.05, 3.63) is 40.4 Å². The maximum Gasteiger partial charge on any atom is 0.224 e. The topological polar surface area (TPSA) is 43.1 Å². The molecule has 0 radical (unpaired) electrons. The van der Waals surface area contributed by atoms with Crippen LogP contribution >= 0.6 is 0 Å². The Balaban J connectivity index is 2.38. The second-order valence-corrected chi connectivity index (χ2v) is 4.34. The molecule has 88 valence electrons. The minimum absolute atomic E-state index is 0.0559. The van der Waals surface area contributed by atoms with Crippen LogP contribution in [-0.2, 0) is 11.2 Å². The van der Waals surface area contributed by atoms with Crippen molar-refractivity contribution in [2.24, 2.45) is 11.6 Å². The summed E-state index contributed by atoms with van der Waals surface area (Å²) >= 11 is 0. The molecule has 2 N–H and O–H groups in total. The number of amides is 1. The summed E-state index contributed by atoms with van der Waals surface area (Å²) < 4.78 is 49.4. The summed E-state index contributed by atoms with van der Waals surface area (Å²) in [5.41, 5.74) is 7.21. The fraction of sp³-hybridized carbons (Fsp3) is 0.400. The fourth-order valence-corrected chi connectivity index (χ4v) is 2.40. The van der Waals surface area contributed by atoms with Gasteiger partial charge >= 0.3 is 0 Å². The van der Waals surface area contributed by atoms with E-state index < -0.39 is 31.0 Å². The largest absolute Gasteiger partial charge is 0.369 e. The van der Waals surface area contributed by atoms with E-state index in [2.05, 4.69) is 0 Å². The number of hydrogen-bond donors (Lipinski definition) is 1. The van der Waals surface area contributed by atoms with Crippen molar-refractivity contribution in [1.29, 1.82) is 0 Å². The fourth-order valence-electron chi connectivity index (χ4n) is 2.40. The number of rotatable bonds is 1. The van der Waals surface area contributed by atoms with Gasteiger partial charge < -0.3 is 5.73 Å². The van der Waals surface area contributed by atoms with Gasteiger partial charge in [0.05, 0.1) is 7.26 Å². The number of primary amides is 1. The summed E-state index contributed by atoms with van der Waals surface area (Å²) in [5.74, 6) is -3.45. The predicted octanol–water partition coefficient (Wildman–Crippen LogP) is 2.59. The number of nitrogens with two attached hydrogens (primary N) is 1. The standard InChI is InChI=1S/C15H17NO/c1-9-5-6-10-8-14-11(13(10)7-9)3-2-4-12(14)15(16)17/h5-7,12H,2-4,8H2,1H3,(H2,16,17)/i3D2,4D2,7D,12D. The van der Waals surface area contributed by atoms with E-state index in [9.17, 15) is 4.79 Å². The van der Waals surface area contributed by atoms with Crippen LogP contribution in [0.4, 0.5) is 0 Å². The Kier molecular flexibility index (Phi) is 1.28. The molecule has 1 aromatic rings. The molecule has 2 heteroatoms. The van der Waals surface area contributed by atoms with Gasteiger partial charge in [-0.2, -0.15) is 0 Å². The summed E-state index contributed by atoms with van der Waals surface area (Å²) in [6.45, 7) is 1.74. The van der Waals surface area contributed by atoms with Crippen LogP contribution in [0.25, 0.3) is 5.57 Å². The first-order chi connectivity index (χ1) is 10.4. The normalized spacial score (nSPS) is 37.7. The Morgan fingerprint density at radius 2 is 2.47 bits per heavy atom. The van der Waals surface area contributed by atoms with Crippen molar-refractivity contribution in [2.75, 3.05) is 0 Å². The van der Waals surface area contributed by atoms with Crippen LogP contribution in [0.5, 0.6) is 0 Å². The number of allylic oxidation sites excluding steroid dienone is 1. The maximum atomic E-state index is 11.9. The van der Waals surface area contributed by atoms with Crippen LogP contribution < -0.4 is 5.73 Å². The van der Waals surface area contributed by atoms with E-state index >= 15 is 0 Å². The Morgan fingerprint density at radius 1 is 1.65 bits per heavy atom. The molecule has 0 spiro atoms. The number of aryl methyl sites for hydroxylation is 1. The molecule has 0 bridgehead atoms. The van der Waals surface area contributed by atoms with E-state index in [1.54, 1.807) is 19.1 Å². The first kappa shape index (κ1) is 5.85. The zero-order valence-corrected chi connectivity index (χ0v) is 9.55. The first-order valence-corrected chi connectivity index (χ1v) is 5.57. The van der Waals surface area contributed by atoms with E-state index in [-0.39, 0.29) is 23.6 Å². The van der Waals surface area contributed by atoms with E-state index in [1.807, 2.05) is 0 Å². The molecule has 0 fully saturated rings. The quantitative estimate of drug-likeness (QED) is 0.796. The van der Waals surface area contributed by atoms with E-state index in [0.29, 0.717) is 16.7 Å². The average Bonchev–Trinajstić information content (AvgIpc) is 2.80. The smallest absolute Gasteiger partial charge is 0.224 e. The van der Waals surface area contributed by atoms with E-state index in [1.165, 1.54) is 0 Å². The van der Waals surface area contributed by atoms with Gasteiger partial charge in [-0.1, -0.05) is 23.7 Å². The van der Waals surface area contributed by atoms with Crippen molar-refractivity contribution in [3.63, 3.8) is 0 Å². The van der Waals surface area contributed by atoms with Crippen molar-refractivity contribution in [2.45, 2.75) is 32.5 Å². The zero-order valence-electron chi connectivity index (χ0n) is 15.6. The Morgan fingerprint density at radius 3 is 3.24 bits per heavy atom. The Labute approximate surface area is 110 Å². The second kappa shape index (κ2) is 3.73. The summed E-state index contributed by atoms with van der Waals surface area (Å²) in [6.07, 6.45) is -5.05. The molecular formula is C15H17NO. The molecule has 0 aliphatic heterocycles. The van der Waals surface area contributed by atoms with Gasteiger partial charge in [0, 0.05) is 6.85 Å². The minimum Gasteiger partial charge on any atom is -0.369 e. The highest BCUT2D eigenvalue weighted by Gasteiger charge is 2.32. The molecule has 2 nitrogen and oxygen atoms in total. The SMILES string of the molecule is [2H]c1c(C)ccc2c1C1=C(C2)C([2H])(C(N)=O)C([2H])([2H])CC1([2H])[2H]. The number of benzene rings is 1. The van der Waals surface area contributed by atoms with Gasteiger partial charge in [-0.05, 0) is 54.8 Å². The summed E-state index contributed by atoms with van der Waals surface area (Å²) in [7, 11) is 0. The van der Waals surface area contributed by atoms with Gasteiger partial charge in [0.25, 0.3) is 0 Å². The van der Waals surface area contributed by atoms with Crippen LogP contribution in [0.15, 0.2) is 23.7 Å². The summed E-state index contributed by atoms with van der Waals surface area (Å²) in [5, 5.41) is 0. The molecule has 1 atom stereocenters. The van der Waals surface area contributed by atoms with E-state index in [4.69, 9.17) is 14.0 Å². The predicted molar refractivity (Wildman–Crippen MR) is 68.3 cm³/mol. The van der Waals surface area contributed by atoms with Gasteiger partial charge in [0.2, 0.25) is 5.91 Å². The van der Waals surface area contributed by atoms with Crippen LogP contribution in [-0.4, -0.2) is 5.91 Å². The molecule has 2 aliphatic carbocycles.